The number of rotatable bonds is 5. The zero-order valence-electron chi connectivity index (χ0n) is 10.3. The average molecular weight is 230 g/mol. The van der Waals surface area contributed by atoms with Gasteiger partial charge in [-0.2, -0.15) is 5.10 Å². The van der Waals surface area contributed by atoms with Crippen molar-refractivity contribution in [1.82, 2.24) is 20.1 Å². The molecule has 1 N–H and O–H groups in total. The molecular weight excluding hydrogens is 212 g/mol. The molecule has 17 heavy (non-hydrogen) atoms. The van der Waals surface area contributed by atoms with Gasteiger partial charge in [-0.15, -0.1) is 0 Å². The molecule has 1 aromatic heterocycles. The Bertz CT molecular complexity index is 448. The molecule has 0 aliphatic heterocycles. The normalized spacial score (nSPS) is 11.0. The smallest absolute Gasteiger partial charge is 0.138 e. The predicted molar refractivity (Wildman–Crippen MR) is 67.9 cm³/mol. The van der Waals surface area contributed by atoms with Crippen molar-refractivity contribution in [3.63, 3.8) is 0 Å². The zero-order chi connectivity index (χ0) is 12.1. The number of nitrogens with zero attached hydrogens (tertiary/aromatic N) is 3. The Hall–Kier alpha value is -1.68. The fraction of sp³-hybridized carbons (Fsp3) is 0.385. The van der Waals surface area contributed by atoms with E-state index in [0.717, 1.165) is 18.8 Å². The van der Waals surface area contributed by atoms with Crippen molar-refractivity contribution in [2.24, 2.45) is 5.92 Å². The van der Waals surface area contributed by atoms with E-state index >= 15 is 0 Å². The van der Waals surface area contributed by atoms with E-state index in [0.29, 0.717) is 5.92 Å². The van der Waals surface area contributed by atoms with E-state index in [2.05, 4.69) is 41.4 Å². The number of nitrogens with one attached hydrogen (secondary N) is 1. The maximum absolute atomic E-state index is 4.17. The lowest BCUT2D eigenvalue weighted by Gasteiger charge is -2.11. The summed E-state index contributed by atoms with van der Waals surface area (Å²) in [6, 6.07) is 8.24. The summed E-state index contributed by atoms with van der Waals surface area (Å²) in [6.45, 7) is 6.28. The highest BCUT2D eigenvalue weighted by atomic mass is 15.3. The highest BCUT2D eigenvalue weighted by Crippen LogP contribution is 2.12. The first-order chi connectivity index (χ1) is 8.27. The maximum Gasteiger partial charge on any atom is 0.138 e. The average Bonchev–Trinajstić information content (AvgIpc) is 2.82. The fourth-order valence-corrected chi connectivity index (χ4v) is 1.71. The van der Waals surface area contributed by atoms with Gasteiger partial charge in [0.25, 0.3) is 0 Å². The van der Waals surface area contributed by atoms with E-state index in [1.165, 1.54) is 5.56 Å². The molecule has 4 heteroatoms. The quantitative estimate of drug-likeness (QED) is 0.854. The molecule has 1 aromatic carbocycles. The molecule has 0 radical (unpaired) electrons. The van der Waals surface area contributed by atoms with Crippen molar-refractivity contribution >= 4 is 0 Å². The van der Waals surface area contributed by atoms with E-state index in [1.54, 1.807) is 17.3 Å². The van der Waals surface area contributed by atoms with Crippen LogP contribution in [-0.4, -0.2) is 21.3 Å². The summed E-state index contributed by atoms with van der Waals surface area (Å²) >= 11 is 0. The molecule has 1 heterocycles. The summed E-state index contributed by atoms with van der Waals surface area (Å²) in [7, 11) is 0. The molecule has 4 nitrogen and oxygen atoms in total. The minimum Gasteiger partial charge on any atom is -0.312 e. The Labute approximate surface area is 102 Å². The van der Waals surface area contributed by atoms with Crippen molar-refractivity contribution in [3.8, 4) is 5.69 Å². The third kappa shape index (κ3) is 3.14. The summed E-state index contributed by atoms with van der Waals surface area (Å²) in [6.07, 6.45) is 3.28. The number of aromatic nitrogens is 3. The van der Waals surface area contributed by atoms with Crippen LogP contribution in [0.5, 0.6) is 0 Å². The topological polar surface area (TPSA) is 42.7 Å². The SMILES string of the molecule is CC(C)CNCc1ccccc1-n1cncn1. The van der Waals surface area contributed by atoms with Gasteiger partial charge in [0.1, 0.15) is 12.7 Å². The van der Waals surface area contributed by atoms with E-state index in [1.807, 2.05) is 12.1 Å². The van der Waals surface area contributed by atoms with Crippen molar-refractivity contribution < 1.29 is 0 Å². The van der Waals surface area contributed by atoms with Crippen LogP contribution in [0.3, 0.4) is 0 Å². The molecule has 0 spiro atoms. The van der Waals surface area contributed by atoms with Gasteiger partial charge < -0.3 is 5.32 Å². The Morgan fingerprint density at radius 3 is 2.82 bits per heavy atom. The molecule has 0 fully saturated rings. The minimum absolute atomic E-state index is 0.661. The molecule has 0 unspecified atom stereocenters. The van der Waals surface area contributed by atoms with Crippen LogP contribution < -0.4 is 5.32 Å². The van der Waals surface area contributed by atoms with Crippen LogP contribution in [0.25, 0.3) is 5.69 Å². The van der Waals surface area contributed by atoms with Crippen LogP contribution in [0, 0.1) is 5.92 Å². The van der Waals surface area contributed by atoms with Gasteiger partial charge in [0, 0.05) is 6.54 Å². The Kier molecular flexibility index (Phi) is 3.88. The molecular formula is C13H18N4. The summed E-state index contributed by atoms with van der Waals surface area (Å²) < 4.78 is 1.80. The number of benzene rings is 1. The predicted octanol–water partition coefficient (Wildman–Crippen LogP) is 2.01. The summed E-state index contributed by atoms with van der Waals surface area (Å²) in [4.78, 5) is 3.98. The Morgan fingerprint density at radius 1 is 1.29 bits per heavy atom. The van der Waals surface area contributed by atoms with Crippen LogP contribution in [0.2, 0.25) is 0 Å². The lowest BCUT2D eigenvalue weighted by molar-refractivity contribution is 0.551. The van der Waals surface area contributed by atoms with Crippen LogP contribution in [0.15, 0.2) is 36.9 Å². The van der Waals surface area contributed by atoms with E-state index in [-0.39, 0.29) is 0 Å². The van der Waals surface area contributed by atoms with Gasteiger partial charge >= 0.3 is 0 Å². The number of hydrogen-bond acceptors (Lipinski definition) is 3. The first kappa shape index (κ1) is 11.8. The molecule has 0 saturated carbocycles. The van der Waals surface area contributed by atoms with Gasteiger partial charge in [-0.05, 0) is 24.1 Å². The van der Waals surface area contributed by atoms with Crippen LogP contribution in [0.4, 0.5) is 0 Å². The van der Waals surface area contributed by atoms with Crippen molar-refractivity contribution in [3.05, 3.63) is 42.5 Å². The van der Waals surface area contributed by atoms with Crippen molar-refractivity contribution in [2.45, 2.75) is 20.4 Å². The largest absolute Gasteiger partial charge is 0.312 e. The fourth-order valence-electron chi connectivity index (χ4n) is 1.71. The Balaban J connectivity index is 2.11. The molecule has 0 bridgehead atoms. The van der Waals surface area contributed by atoms with Crippen LogP contribution in [-0.2, 0) is 6.54 Å². The molecule has 2 rings (SSSR count). The minimum atomic E-state index is 0.661. The molecule has 0 aliphatic rings. The van der Waals surface area contributed by atoms with Crippen molar-refractivity contribution in [1.29, 1.82) is 0 Å². The van der Waals surface area contributed by atoms with Crippen molar-refractivity contribution in [2.75, 3.05) is 6.54 Å². The molecule has 90 valence electrons. The molecule has 0 aliphatic carbocycles. The van der Waals surface area contributed by atoms with Gasteiger partial charge in [-0.3, -0.25) is 0 Å². The van der Waals surface area contributed by atoms with Gasteiger partial charge in [0.15, 0.2) is 0 Å². The Morgan fingerprint density at radius 2 is 2.12 bits per heavy atom. The summed E-state index contributed by atoms with van der Waals surface area (Å²) in [5, 5.41) is 7.61. The first-order valence-electron chi connectivity index (χ1n) is 5.91. The standard InChI is InChI=1S/C13H18N4/c1-11(2)7-14-8-12-5-3-4-6-13(12)17-10-15-9-16-17/h3-6,9-11,14H,7-8H2,1-2H3. The monoisotopic (exact) mass is 230 g/mol. The third-order valence-corrected chi connectivity index (χ3v) is 2.53. The number of hydrogen-bond donors (Lipinski definition) is 1. The van der Waals surface area contributed by atoms with Crippen LogP contribution in [0.1, 0.15) is 19.4 Å². The number of para-hydroxylation sites is 1. The second-order valence-electron chi connectivity index (χ2n) is 4.49. The zero-order valence-corrected chi connectivity index (χ0v) is 10.3. The lowest BCUT2D eigenvalue weighted by Crippen LogP contribution is -2.20. The van der Waals surface area contributed by atoms with Gasteiger partial charge in [0.05, 0.1) is 5.69 Å². The highest BCUT2D eigenvalue weighted by molar-refractivity contribution is 5.39. The van der Waals surface area contributed by atoms with Gasteiger partial charge in [-0.1, -0.05) is 32.0 Å². The summed E-state index contributed by atoms with van der Waals surface area (Å²) in [5.41, 5.74) is 2.32. The molecule has 0 amide bonds. The third-order valence-electron chi connectivity index (χ3n) is 2.53. The molecule has 0 atom stereocenters. The second kappa shape index (κ2) is 5.59. The maximum atomic E-state index is 4.17. The highest BCUT2D eigenvalue weighted by Gasteiger charge is 2.04. The van der Waals surface area contributed by atoms with E-state index in [4.69, 9.17) is 0 Å². The van der Waals surface area contributed by atoms with Gasteiger partial charge in [-0.25, -0.2) is 9.67 Å². The first-order valence-corrected chi connectivity index (χ1v) is 5.91. The lowest BCUT2D eigenvalue weighted by atomic mass is 10.1. The van der Waals surface area contributed by atoms with Crippen LogP contribution >= 0.6 is 0 Å². The second-order valence-corrected chi connectivity index (χ2v) is 4.49. The summed E-state index contributed by atoms with van der Waals surface area (Å²) in [5.74, 6) is 0.661. The van der Waals surface area contributed by atoms with Gasteiger partial charge in [0.2, 0.25) is 0 Å². The van der Waals surface area contributed by atoms with E-state index < -0.39 is 0 Å². The van der Waals surface area contributed by atoms with E-state index in [9.17, 15) is 0 Å². The molecule has 0 saturated heterocycles. The molecule has 2 aromatic rings.